The highest BCUT2D eigenvalue weighted by Gasteiger charge is 2.27. The number of benzene rings is 1. The van der Waals surface area contributed by atoms with Gasteiger partial charge in [-0.2, -0.15) is 0 Å². The number of hydrogen-bond acceptors (Lipinski definition) is 4. The third-order valence-electron chi connectivity index (χ3n) is 3.57. The zero-order chi connectivity index (χ0) is 19.4. The molecule has 0 heterocycles. The van der Waals surface area contributed by atoms with Crippen molar-refractivity contribution in [1.82, 2.24) is 5.32 Å². The summed E-state index contributed by atoms with van der Waals surface area (Å²) in [5, 5.41) is 5.53. The molecule has 0 radical (unpaired) electrons. The molecule has 0 aromatic heterocycles. The van der Waals surface area contributed by atoms with Crippen LogP contribution < -0.4 is 15.5 Å². The van der Waals surface area contributed by atoms with Crippen LogP contribution in [0.3, 0.4) is 0 Å². The van der Waals surface area contributed by atoms with Gasteiger partial charge in [0.15, 0.2) is 0 Å². The van der Waals surface area contributed by atoms with E-state index in [0.717, 1.165) is 11.3 Å². The molecule has 1 aromatic rings. The summed E-state index contributed by atoms with van der Waals surface area (Å²) in [5.41, 5.74) is 2.24. The molecule has 6 heteroatoms. The fourth-order valence-corrected chi connectivity index (χ4v) is 2.42. The summed E-state index contributed by atoms with van der Waals surface area (Å²) in [4.78, 5) is 26.6. The van der Waals surface area contributed by atoms with Crippen LogP contribution in [0.2, 0.25) is 0 Å². The highest BCUT2D eigenvalue weighted by atomic mass is 16.6. The largest absolute Gasteiger partial charge is 0.444 e. The first-order valence-electron chi connectivity index (χ1n) is 8.49. The number of rotatable bonds is 5. The zero-order valence-corrected chi connectivity index (χ0v) is 16.6. The molecule has 2 amide bonds. The fourth-order valence-electron chi connectivity index (χ4n) is 2.42. The number of alkyl carbamates (subject to hydrolysis) is 1. The normalized spacial score (nSPS) is 12.5. The van der Waals surface area contributed by atoms with Gasteiger partial charge in [-0.05, 0) is 57.4 Å². The van der Waals surface area contributed by atoms with Crippen LogP contribution in [0.1, 0.15) is 40.2 Å². The Hall–Kier alpha value is -2.24. The lowest BCUT2D eigenvalue weighted by Crippen LogP contribution is -2.48. The average Bonchev–Trinajstić information content (AvgIpc) is 2.42. The van der Waals surface area contributed by atoms with Crippen molar-refractivity contribution in [2.45, 2.75) is 53.2 Å². The molecule has 0 saturated carbocycles. The second-order valence-electron chi connectivity index (χ2n) is 7.75. The number of hydrogen-bond donors (Lipinski definition) is 2. The molecular formula is C19H31N3O3. The van der Waals surface area contributed by atoms with E-state index in [1.165, 1.54) is 0 Å². The van der Waals surface area contributed by atoms with Gasteiger partial charge in [0.2, 0.25) is 5.91 Å². The zero-order valence-electron chi connectivity index (χ0n) is 16.6. The Bertz CT molecular complexity index is 619. The topological polar surface area (TPSA) is 70.7 Å². The van der Waals surface area contributed by atoms with Crippen molar-refractivity contribution in [1.29, 1.82) is 0 Å². The van der Waals surface area contributed by atoms with Gasteiger partial charge in [0, 0.05) is 25.5 Å². The number of carbonyl (C=O) groups is 2. The van der Waals surface area contributed by atoms with Crippen LogP contribution in [0.5, 0.6) is 0 Å². The minimum atomic E-state index is -0.677. The number of carbonyl (C=O) groups excluding carboxylic acids is 2. The Morgan fingerprint density at radius 2 is 1.76 bits per heavy atom. The predicted octanol–water partition coefficient (Wildman–Crippen LogP) is 3.55. The first-order chi connectivity index (χ1) is 11.4. The number of nitrogens with zero attached hydrogens (tertiary/aromatic N) is 1. The molecule has 1 atom stereocenters. The molecule has 1 aromatic carbocycles. The molecule has 6 nitrogen and oxygen atoms in total. The average molecular weight is 349 g/mol. The summed E-state index contributed by atoms with van der Waals surface area (Å²) in [6.07, 6.45) is -0.597. The van der Waals surface area contributed by atoms with Crippen LogP contribution in [0.25, 0.3) is 0 Å². The second-order valence-corrected chi connectivity index (χ2v) is 7.75. The smallest absolute Gasteiger partial charge is 0.408 e. The summed E-state index contributed by atoms with van der Waals surface area (Å²) in [6, 6.07) is 5.04. The van der Waals surface area contributed by atoms with Gasteiger partial charge in [0.1, 0.15) is 11.6 Å². The second kappa shape index (κ2) is 8.23. The summed E-state index contributed by atoms with van der Waals surface area (Å²) < 4.78 is 5.24. The first-order valence-corrected chi connectivity index (χ1v) is 8.49. The van der Waals surface area contributed by atoms with Gasteiger partial charge in [0.05, 0.1) is 0 Å². The van der Waals surface area contributed by atoms with Gasteiger partial charge in [0.25, 0.3) is 0 Å². The van der Waals surface area contributed by atoms with E-state index >= 15 is 0 Å². The number of nitrogens with one attached hydrogen (secondary N) is 2. The van der Waals surface area contributed by atoms with Gasteiger partial charge in [-0.3, -0.25) is 4.79 Å². The van der Waals surface area contributed by atoms with E-state index in [2.05, 4.69) is 10.6 Å². The third-order valence-corrected chi connectivity index (χ3v) is 3.57. The van der Waals surface area contributed by atoms with E-state index in [-0.39, 0.29) is 11.8 Å². The van der Waals surface area contributed by atoms with E-state index in [9.17, 15) is 9.59 Å². The maximum Gasteiger partial charge on any atom is 0.408 e. The molecule has 1 rings (SSSR count). The Morgan fingerprint density at radius 3 is 2.20 bits per heavy atom. The number of aryl methyl sites for hydroxylation is 1. The van der Waals surface area contributed by atoms with Crippen LogP contribution in [0.4, 0.5) is 16.2 Å². The Balaban J connectivity index is 2.83. The summed E-state index contributed by atoms with van der Waals surface area (Å²) >= 11 is 0. The van der Waals surface area contributed by atoms with Gasteiger partial charge in [-0.1, -0.05) is 13.8 Å². The minimum Gasteiger partial charge on any atom is -0.444 e. The summed E-state index contributed by atoms with van der Waals surface area (Å²) in [7, 11) is 3.94. The molecular weight excluding hydrogens is 318 g/mol. The van der Waals surface area contributed by atoms with Crippen molar-refractivity contribution in [2.24, 2.45) is 5.92 Å². The van der Waals surface area contributed by atoms with Gasteiger partial charge < -0.3 is 20.3 Å². The van der Waals surface area contributed by atoms with Crippen LogP contribution in [0, 0.1) is 12.8 Å². The van der Waals surface area contributed by atoms with E-state index in [4.69, 9.17) is 4.74 Å². The molecule has 0 saturated heterocycles. The molecule has 0 fully saturated rings. The van der Waals surface area contributed by atoms with Gasteiger partial charge >= 0.3 is 6.09 Å². The fraction of sp³-hybridized carbons (Fsp3) is 0.579. The lowest BCUT2D eigenvalue weighted by Gasteiger charge is -2.25. The molecule has 140 valence electrons. The first kappa shape index (κ1) is 20.8. The van der Waals surface area contributed by atoms with Crippen LogP contribution >= 0.6 is 0 Å². The Morgan fingerprint density at radius 1 is 1.16 bits per heavy atom. The van der Waals surface area contributed by atoms with Crippen molar-refractivity contribution in [3.05, 3.63) is 23.8 Å². The number of ether oxygens (including phenoxy) is 1. The molecule has 0 bridgehead atoms. The molecule has 0 unspecified atom stereocenters. The van der Waals surface area contributed by atoms with Crippen molar-refractivity contribution < 1.29 is 14.3 Å². The SMILES string of the molecule is Cc1cc(NC(=O)[C@@H](NC(=O)OC(C)(C)C)C(C)C)ccc1N(C)C. The molecule has 2 N–H and O–H groups in total. The molecule has 25 heavy (non-hydrogen) atoms. The lowest BCUT2D eigenvalue weighted by molar-refractivity contribution is -0.119. The minimum absolute atomic E-state index is 0.0744. The van der Waals surface area contributed by atoms with E-state index < -0.39 is 17.7 Å². The summed E-state index contributed by atoms with van der Waals surface area (Å²) in [5.74, 6) is -0.340. The number of amides is 2. The predicted molar refractivity (Wildman–Crippen MR) is 102 cm³/mol. The van der Waals surface area contributed by atoms with Crippen molar-refractivity contribution in [2.75, 3.05) is 24.3 Å². The van der Waals surface area contributed by atoms with Crippen molar-refractivity contribution in [3.63, 3.8) is 0 Å². The van der Waals surface area contributed by atoms with E-state index in [1.807, 2.05) is 58.0 Å². The molecule has 0 spiro atoms. The van der Waals surface area contributed by atoms with E-state index in [0.29, 0.717) is 5.69 Å². The highest BCUT2D eigenvalue weighted by Crippen LogP contribution is 2.22. The van der Waals surface area contributed by atoms with E-state index in [1.54, 1.807) is 20.8 Å². The standard InChI is InChI=1S/C19H31N3O3/c1-12(2)16(21-18(24)25-19(4,5)6)17(23)20-14-9-10-15(22(7)8)13(3)11-14/h9-12,16H,1-8H3,(H,20,23)(H,21,24)/t16-/m0/s1. The van der Waals surface area contributed by atoms with Crippen LogP contribution in [-0.2, 0) is 9.53 Å². The lowest BCUT2D eigenvalue weighted by atomic mass is 10.0. The summed E-state index contributed by atoms with van der Waals surface area (Å²) in [6.45, 7) is 11.1. The molecule has 0 aliphatic carbocycles. The quantitative estimate of drug-likeness (QED) is 0.853. The monoisotopic (exact) mass is 349 g/mol. The highest BCUT2D eigenvalue weighted by molar-refractivity contribution is 5.97. The Labute approximate surface area is 150 Å². The number of anilines is 2. The van der Waals surface area contributed by atoms with Crippen molar-refractivity contribution >= 4 is 23.4 Å². The maximum atomic E-state index is 12.6. The van der Waals surface area contributed by atoms with Crippen molar-refractivity contribution in [3.8, 4) is 0 Å². The third kappa shape index (κ3) is 6.64. The van der Waals surface area contributed by atoms with Gasteiger partial charge in [-0.25, -0.2) is 4.79 Å². The van der Waals surface area contributed by atoms with Crippen LogP contribution in [0.15, 0.2) is 18.2 Å². The van der Waals surface area contributed by atoms with Crippen LogP contribution in [-0.4, -0.2) is 37.7 Å². The molecule has 0 aliphatic rings. The molecule has 0 aliphatic heterocycles. The maximum absolute atomic E-state index is 12.6. The Kier molecular flexibility index (Phi) is 6.85. The van der Waals surface area contributed by atoms with Gasteiger partial charge in [-0.15, -0.1) is 0 Å².